The van der Waals surface area contributed by atoms with Crippen molar-refractivity contribution in [2.24, 2.45) is 4.99 Å². The van der Waals surface area contributed by atoms with E-state index in [2.05, 4.69) is 22.2 Å². The van der Waals surface area contributed by atoms with Crippen molar-refractivity contribution in [3.8, 4) is 11.8 Å². The van der Waals surface area contributed by atoms with Gasteiger partial charge in [0.2, 0.25) is 0 Å². The van der Waals surface area contributed by atoms with E-state index < -0.39 is 0 Å². The standard InChI is InChI=1S/C14H12N2O/c17-14-9-12-10(3-1-5-13(12)16-14)6-7-11-4-2-8-15-11/h1,3,5,9,11,15H,2,4,8H2. The second-order valence-corrected chi connectivity index (χ2v) is 4.25. The highest BCUT2D eigenvalue weighted by Gasteiger charge is 2.10. The Balaban J connectivity index is 2.01. The van der Waals surface area contributed by atoms with Crippen LogP contribution in [-0.4, -0.2) is 18.5 Å². The molecule has 1 saturated heterocycles. The highest BCUT2D eigenvalue weighted by Crippen LogP contribution is 2.03. The minimum absolute atomic E-state index is 0.187. The molecule has 3 rings (SSSR count). The Morgan fingerprint density at radius 2 is 2.35 bits per heavy atom. The van der Waals surface area contributed by atoms with Gasteiger partial charge < -0.3 is 5.32 Å². The quantitative estimate of drug-likeness (QED) is 0.616. The van der Waals surface area contributed by atoms with Gasteiger partial charge in [-0.3, -0.25) is 4.79 Å². The van der Waals surface area contributed by atoms with Crippen LogP contribution in [0.5, 0.6) is 0 Å². The number of amides is 1. The number of fused-ring (bicyclic) bond motifs is 1. The van der Waals surface area contributed by atoms with Gasteiger partial charge in [0.05, 0.1) is 11.4 Å². The van der Waals surface area contributed by atoms with Gasteiger partial charge in [-0.2, -0.15) is 0 Å². The van der Waals surface area contributed by atoms with Crippen LogP contribution in [0.15, 0.2) is 23.2 Å². The fraction of sp³-hybridized carbons (Fsp3) is 0.286. The van der Waals surface area contributed by atoms with Gasteiger partial charge in [-0.05, 0) is 31.5 Å². The van der Waals surface area contributed by atoms with Crippen molar-refractivity contribution in [1.29, 1.82) is 0 Å². The summed E-state index contributed by atoms with van der Waals surface area (Å²) in [6, 6.07) is 5.96. The van der Waals surface area contributed by atoms with Gasteiger partial charge in [0, 0.05) is 16.9 Å². The minimum atomic E-state index is -0.187. The molecule has 0 radical (unpaired) electrons. The minimum Gasteiger partial charge on any atom is -0.304 e. The SMILES string of the molecule is O=C1C=c2c(C#CC3CCCN3)cccc2=N1. The van der Waals surface area contributed by atoms with Crippen molar-refractivity contribution in [3.05, 3.63) is 34.3 Å². The maximum Gasteiger partial charge on any atom is 0.270 e. The molecule has 2 heterocycles. The first-order chi connectivity index (χ1) is 8.33. The van der Waals surface area contributed by atoms with Gasteiger partial charge in [-0.1, -0.05) is 17.9 Å². The largest absolute Gasteiger partial charge is 0.304 e. The Morgan fingerprint density at radius 1 is 1.41 bits per heavy atom. The van der Waals surface area contributed by atoms with Crippen molar-refractivity contribution in [2.45, 2.75) is 18.9 Å². The third-order valence-corrected chi connectivity index (χ3v) is 3.02. The molecule has 0 bridgehead atoms. The predicted molar refractivity (Wildman–Crippen MR) is 64.6 cm³/mol. The Kier molecular flexibility index (Phi) is 2.50. The first kappa shape index (κ1) is 10.2. The van der Waals surface area contributed by atoms with Crippen molar-refractivity contribution in [3.63, 3.8) is 0 Å². The van der Waals surface area contributed by atoms with Gasteiger partial charge in [-0.25, -0.2) is 4.99 Å². The Morgan fingerprint density at radius 3 is 3.18 bits per heavy atom. The summed E-state index contributed by atoms with van der Waals surface area (Å²) in [6.07, 6.45) is 3.85. The molecule has 0 aromatic heterocycles. The molecule has 0 aliphatic carbocycles. The third kappa shape index (κ3) is 2.00. The summed E-state index contributed by atoms with van der Waals surface area (Å²) in [6.45, 7) is 1.05. The van der Waals surface area contributed by atoms with Crippen LogP contribution >= 0.6 is 0 Å². The molecule has 3 heteroatoms. The molecule has 1 aromatic carbocycles. The lowest BCUT2D eigenvalue weighted by Gasteiger charge is -1.97. The van der Waals surface area contributed by atoms with Gasteiger partial charge in [-0.15, -0.1) is 0 Å². The molecular weight excluding hydrogens is 212 g/mol. The van der Waals surface area contributed by atoms with E-state index in [4.69, 9.17) is 0 Å². The summed E-state index contributed by atoms with van der Waals surface area (Å²) in [5, 5.41) is 4.93. The summed E-state index contributed by atoms with van der Waals surface area (Å²) in [4.78, 5) is 15.1. The van der Waals surface area contributed by atoms with E-state index in [9.17, 15) is 4.79 Å². The first-order valence-electron chi connectivity index (χ1n) is 5.81. The van der Waals surface area contributed by atoms with Crippen molar-refractivity contribution in [1.82, 2.24) is 5.32 Å². The molecule has 0 spiro atoms. The Bertz CT molecular complexity index is 643. The Labute approximate surface area is 99.3 Å². The molecule has 84 valence electrons. The highest BCUT2D eigenvalue weighted by molar-refractivity contribution is 6.06. The van der Waals surface area contributed by atoms with Crippen LogP contribution in [0.1, 0.15) is 18.4 Å². The van der Waals surface area contributed by atoms with Crippen LogP contribution in [0.3, 0.4) is 0 Å². The van der Waals surface area contributed by atoms with Crippen LogP contribution < -0.4 is 15.9 Å². The second-order valence-electron chi connectivity index (χ2n) is 4.25. The molecule has 1 N–H and O–H groups in total. The van der Waals surface area contributed by atoms with Crippen LogP contribution in [0.4, 0.5) is 0 Å². The van der Waals surface area contributed by atoms with Crippen molar-refractivity contribution in [2.75, 3.05) is 6.54 Å². The van der Waals surface area contributed by atoms with E-state index in [1.54, 1.807) is 6.08 Å². The molecule has 3 nitrogen and oxygen atoms in total. The van der Waals surface area contributed by atoms with E-state index in [1.807, 2.05) is 18.2 Å². The molecule has 1 aromatic rings. The van der Waals surface area contributed by atoms with E-state index in [0.29, 0.717) is 6.04 Å². The van der Waals surface area contributed by atoms with Crippen LogP contribution in [0, 0.1) is 11.8 Å². The van der Waals surface area contributed by atoms with Gasteiger partial charge >= 0.3 is 0 Å². The molecule has 2 aliphatic heterocycles. The maximum atomic E-state index is 11.2. The van der Waals surface area contributed by atoms with E-state index >= 15 is 0 Å². The molecule has 1 amide bonds. The fourth-order valence-electron chi connectivity index (χ4n) is 2.16. The zero-order valence-electron chi connectivity index (χ0n) is 9.36. The van der Waals surface area contributed by atoms with Crippen LogP contribution in [0.2, 0.25) is 0 Å². The lowest BCUT2D eigenvalue weighted by molar-refractivity contribution is -0.112. The van der Waals surface area contributed by atoms with E-state index in [-0.39, 0.29) is 5.91 Å². The Hall–Kier alpha value is -1.92. The molecule has 1 unspecified atom stereocenters. The number of hydrogen-bond donors (Lipinski definition) is 1. The highest BCUT2D eigenvalue weighted by atomic mass is 16.1. The number of hydrogen-bond acceptors (Lipinski definition) is 2. The summed E-state index contributed by atoms with van der Waals surface area (Å²) in [7, 11) is 0. The average Bonchev–Trinajstić information content (AvgIpc) is 2.93. The zero-order valence-corrected chi connectivity index (χ0v) is 9.36. The topological polar surface area (TPSA) is 41.5 Å². The zero-order chi connectivity index (χ0) is 11.7. The number of carbonyl (C=O) groups is 1. The summed E-state index contributed by atoms with van der Waals surface area (Å²) < 4.78 is 0. The van der Waals surface area contributed by atoms with Crippen LogP contribution in [-0.2, 0) is 4.79 Å². The number of benzene rings is 1. The normalized spacial score (nSPS) is 21.2. The van der Waals surface area contributed by atoms with Gasteiger partial charge in [0.15, 0.2) is 0 Å². The summed E-state index contributed by atoms with van der Waals surface area (Å²) in [5.74, 6) is 6.17. The van der Waals surface area contributed by atoms with E-state index in [1.165, 1.54) is 6.42 Å². The van der Waals surface area contributed by atoms with Crippen molar-refractivity contribution >= 4 is 12.0 Å². The molecule has 1 atom stereocenters. The molecule has 2 aliphatic rings. The summed E-state index contributed by atoms with van der Waals surface area (Å²) in [5.41, 5.74) is 0.894. The van der Waals surface area contributed by atoms with Gasteiger partial charge in [0.1, 0.15) is 0 Å². The second kappa shape index (κ2) is 4.15. The average molecular weight is 224 g/mol. The fourth-order valence-corrected chi connectivity index (χ4v) is 2.16. The lowest BCUT2D eigenvalue weighted by Crippen LogP contribution is -2.24. The molecular formula is C14H12N2O. The number of nitrogens with zero attached hydrogens (tertiary/aromatic N) is 1. The van der Waals surface area contributed by atoms with E-state index in [0.717, 1.165) is 29.1 Å². The number of rotatable bonds is 0. The maximum absolute atomic E-state index is 11.2. The molecule has 1 fully saturated rings. The third-order valence-electron chi connectivity index (χ3n) is 3.02. The van der Waals surface area contributed by atoms with Gasteiger partial charge in [0.25, 0.3) is 5.91 Å². The van der Waals surface area contributed by atoms with Crippen molar-refractivity contribution < 1.29 is 4.79 Å². The van der Waals surface area contributed by atoms with Crippen LogP contribution in [0.25, 0.3) is 6.08 Å². The predicted octanol–water partition coefficient (Wildman–Crippen LogP) is -0.270. The molecule has 0 saturated carbocycles. The number of nitrogens with one attached hydrogen (secondary N) is 1. The smallest absolute Gasteiger partial charge is 0.270 e. The summed E-state index contributed by atoms with van der Waals surface area (Å²) >= 11 is 0. The first-order valence-corrected chi connectivity index (χ1v) is 5.81. The monoisotopic (exact) mass is 224 g/mol. The number of carbonyl (C=O) groups excluding carboxylic acids is 1. The lowest BCUT2D eigenvalue weighted by atomic mass is 10.1. The molecule has 17 heavy (non-hydrogen) atoms.